The number of aliphatic hydroxyl groups excluding tert-OH is 1. The Morgan fingerprint density at radius 3 is 2.85 bits per heavy atom. The third kappa shape index (κ3) is 3.25. The van der Waals surface area contributed by atoms with E-state index in [2.05, 4.69) is 0 Å². The van der Waals surface area contributed by atoms with Crippen molar-refractivity contribution in [2.24, 2.45) is 5.92 Å². The van der Waals surface area contributed by atoms with E-state index in [0.29, 0.717) is 12.0 Å². The lowest BCUT2D eigenvalue weighted by atomic mass is 9.88. The van der Waals surface area contributed by atoms with Crippen LogP contribution in [0.4, 0.5) is 0 Å². The molecule has 1 saturated heterocycles. The maximum absolute atomic E-state index is 9.42. The molecule has 1 aliphatic heterocycles. The van der Waals surface area contributed by atoms with E-state index in [0.717, 1.165) is 39.1 Å². The Labute approximate surface area is 79.0 Å². The summed E-state index contributed by atoms with van der Waals surface area (Å²) in [6.07, 6.45) is 4.54. The van der Waals surface area contributed by atoms with Crippen LogP contribution in [0.5, 0.6) is 0 Å². The Kier molecular flexibility index (Phi) is 3.19. The van der Waals surface area contributed by atoms with Crippen LogP contribution < -0.4 is 0 Å². The monoisotopic (exact) mass is 186 g/mol. The van der Waals surface area contributed by atoms with Gasteiger partial charge in [-0.2, -0.15) is 0 Å². The Hall–Kier alpha value is -0.120. The SMILES string of the molecule is OC1CCCC(COCC2CO2)C1. The molecule has 3 unspecified atom stereocenters. The average molecular weight is 186 g/mol. The molecule has 1 heterocycles. The number of rotatable bonds is 4. The van der Waals surface area contributed by atoms with Gasteiger partial charge in [-0.1, -0.05) is 6.42 Å². The fourth-order valence-electron chi connectivity index (χ4n) is 1.94. The summed E-state index contributed by atoms with van der Waals surface area (Å²) < 4.78 is 10.6. The van der Waals surface area contributed by atoms with Crippen molar-refractivity contribution >= 4 is 0 Å². The second-order valence-electron chi connectivity index (χ2n) is 4.18. The summed E-state index contributed by atoms with van der Waals surface area (Å²) in [6.45, 7) is 2.41. The van der Waals surface area contributed by atoms with Gasteiger partial charge in [-0.15, -0.1) is 0 Å². The van der Waals surface area contributed by atoms with Crippen molar-refractivity contribution in [3.63, 3.8) is 0 Å². The molecule has 3 heteroatoms. The number of hydrogen-bond acceptors (Lipinski definition) is 3. The van der Waals surface area contributed by atoms with Gasteiger partial charge >= 0.3 is 0 Å². The molecule has 76 valence electrons. The summed E-state index contributed by atoms with van der Waals surface area (Å²) in [7, 11) is 0. The lowest BCUT2D eigenvalue weighted by Gasteiger charge is -2.25. The molecule has 2 rings (SSSR count). The molecule has 2 aliphatic rings. The van der Waals surface area contributed by atoms with Crippen LogP contribution in [-0.2, 0) is 9.47 Å². The molecule has 0 amide bonds. The lowest BCUT2D eigenvalue weighted by Crippen LogP contribution is -2.23. The minimum atomic E-state index is -0.0838. The van der Waals surface area contributed by atoms with Gasteiger partial charge in [0.2, 0.25) is 0 Å². The third-order valence-corrected chi connectivity index (χ3v) is 2.81. The largest absolute Gasteiger partial charge is 0.393 e. The summed E-state index contributed by atoms with van der Waals surface area (Å²) in [5.74, 6) is 0.572. The Morgan fingerprint density at radius 1 is 1.31 bits per heavy atom. The van der Waals surface area contributed by atoms with Crippen molar-refractivity contribution < 1.29 is 14.6 Å². The fraction of sp³-hybridized carbons (Fsp3) is 1.00. The van der Waals surface area contributed by atoms with Crippen molar-refractivity contribution in [3.8, 4) is 0 Å². The molecule has 3 atom stereocenters. The van der Waals surface area contributed by atoms with E-state index in [9.17, 15) is 5.11 Å². The maximum Gasteiger partial charge on any atom is 0.104 e. The Balaban J connectivity index is 1.56. The second-order valence-corrected chi connectivity index (χ2v) is 4.18. The Bertz CT molecular complexity index is 156. The van der Waals surface area contributed by atoms with Gasteiger partial charge in [0.1, 0.15) is 6.10 Å². The van der Waals surface area contributed by atoms with Crippen molar-refractivity contribution in [2.45, 2.75) is 37.9 Å². The normalized spacial score (nSPS) is 39.0. The molecule has 0 aromatic rings. The van der Waals surface area contributed by atoms with Crippen LogP contribution in [0.15, 0.2) is 0 Å². The molecule has 0 aromatic heterocycles. The quantitative estimate of drug-likeness (QED) is 0.665. The number of epoxide rings is 1. The van der Waals surface area contributed by atoms with Gasteiger partial charge in [0, 0.05) is 6.61 Å². The first-order chi connectivity index (χ1) is 6.34. The molecule has 0 bridgehead atoms. The first-order valence-corrected chi connectivity index (χ1v) is 5.22. The van der Waals surface area contributed by atoms with E-state index >= 15 is 0 Å². The predicted molar refractivity (Wildman–Crippen MR) is 48.5 cm³/mol. The molecule has 1 aliphatic carbocycles. The van der Waals surface area contributed by atoms with Crippen LogP contribution in [-0.4, -0.2) is 37.1 Å². The molecule has 13 heavy (non-hydrogen) atoms. The van der Waals surface area contributed by atoms with Crippen LogP contribution in [0.2, 0.25) is 0 Å². The zero-order valence-electron chi connectivity index (χ0n) is 7.95. The van der Waals surface area contributed by atoms with Gasteiger partial charge in [0.25, 0.3) is 0 Å². The molecular formula is C10H18O3. The first kappa shape index (κ1) is 9.44. The highest BCUT2D eigenvalue weighted by Crippen LogP contribution is 2.24. The second kappa shape index (κ2) is 4.40. The molecular weight excluding hydrogens is 168 g/mol. The van der Waals surface area contributed by atoms with Crippen LogP contribution in [0.3, 0.4) is 0 Å². The van der Waals surface area contributed by atoms with E-state index in [4.69, 9.17) is 9.47 Å². The molecule has 1 saturated carbocycles. The summed E-state index contributed by atoms with van der Waals surface area (Å²) in [5, 5.41) is 9.42. The van der Waals surface area contributed by atoms with Crippen molar-refractivity contribution in [3.05, 3.63) is 0 Å². The van der Waals surface area contributed by atoms with E-state index in [1.165, 1.54) is 6.42 Å². The average Bonchev–Trinajstić information content (AvgIpc) is 2.88. The van der Waals surface area contributed by atoms with Gasteiger partial charge in [-0.05, 0) is 25.2 Å². The van der Waals surface area contributed by atoms with Crippen molar-refractivity contribution in [1.29, 1.82) is 0 Å². The van der Waals surface area contributed by atoms with Crippen molar-refractivity contribution in [2.75, 3.05) is 19.8 Å². The summed E-state index contributed by atoms with van der Waals surface area (Å²) in [6, 6.07) is 0. The van der Waals surface area contributed by atoms with Gasteiger partial charge in [0.05, 0.1) is 19.3 Å². The standard InChI is InChI=1S/C10H18O3/c11-9-3-1-2-8(4-9)5-12-6-10-7-13-10/h8-11H,1-7H2. The van der Waals surface area contributed by atoms with Crippen molar-refractivity contribution in [1.82, 2.24) is 0 Å². The van der Waals surface area contributed by atoms with Crippen LogP contribution >= 0.6 is 0 Å². The highest BCUT2D eigenvalue weighted by Gasteiger charge is 2.24. The topological polar surface area (TPSA) is 42.0 Å². The van der Waals surface area contributed by atoms with Crippen LogP contribution in [0.1, 0.15) is 25.7 Å². The number of hydrogen-bond donors (Lipinski definition) is 1. The minimum Gasteiger partial charge on any atom is -0.393 e. The van der Waals surface area contributed by atoms with Crippen LogP contribution in [0, 0.1) is 5.92 Å². The molecule has 2 fully saturated rings. The highest BCUT2D eigenvalue weighted by molar-refractivity contribution is 4.73. The predicted octanol–water partition coefficient (Wildman–Crippen LogP) is 0.953. The van der Waals surface area contributed by atoms with Gasteiger partial charge in [0.15, 0.2) is 0 Å². The lowest BCUT2D eigenvalue weighted by molar-refractivity contribution is 0.0362. The minimum absolute atomic E-state index is 0.0838. The third-order valence-electron chi connectivity index (χ3n) is 2.81. The molecule has 0 aromatic carbocycles. The molecule has 0 radical (unpaired) electrons. The molecule has 0 spiro atoms. The zero-order valence-corrected chi connectivity index (χ0v) is 7.95. The van der Waals surface area contributed by atoms with Crippen LogP contribution in [0.25, 0.3) is 0 Å². The summed E-state index contributed by atoms with van der Waals surface area (Å²) in [4.78, 5) is 0. The highest BCUT2D eigenvalue weighted by atomic mass is 16.6. The molecule has 3 nitrogen and oxygen atoms in total. The van der Waals surface area contributed by atoms with E-state index in [1.807, 2.05) is 0 Å². The van der Waals surface area contributed by atoms with E-state index < -0.39 is 0 Å². The number of ether oxygens (including phenoxy) is 2. The van der Waals surface area contributed by atoms with E-state index in [1.54, 1.807) is 0 Å². The zero-order chi connectivity index (χ0) is 9.10. The summed E-state index contributed by atoms with van der Waals surface area (Å²) >= 11 is 0. The first-order valence-electron chi connectivity index (χ1n) is 5.22. The smallest absolute Gasteiger partial charge is 0.104 e. The number of aliphatic hydroxyl groups is 1. The van der Waals surface area contributed by atoms with Gasteiger partial charge in [-0.3, -0.25) is 0 Å². The summed E-state index contributed by atoms with van der Waals surface area (Å²) in [5.41, 5.74) is 0. The maximum atomic E-state index is 9.42. The fourth-order valence-corrected chi connectivity index (χ4v) is 1.94. The molecule has 1 N–H and O–H groups in total. The Morgan fingerprint density at radius 2 is 2.15 bits per heavy atom. The van der Waals surface area contributed by atoms with Gasteiger partial charge in [-0.25, -0.2) is 0 Å². The van der Waals surface area contributed by atoms with E-state index in [-0.39, 0.29) is 6.10 Å². The van der Waals surface area contributed by atoms with Gasteiger partial charge < -0.3 is 14.6 Å².